The summed E-state index contributed by atoms with van der Waals surface area (Å²) in [6, 6.07) is 8.67. The molecule has 116 valence electrons. The molecule has 5 nitrogen and oxygen atoms in total. The lowest BCUT2D eigenvalue weighted by atomic mass is 10.1. The molecule has 0 fully saturated rings. The number of benzene rings is 1. The summed E-state index contributed by atoms with van der Waals surface area (Å²) in [5.41, 5.74) is 0.891. The number of hydrogen-bond donors (Lipinski definition) is 1. The van der Waals surface area contributed by atoms with Crippen molar-refractivity contribution in [3.05, 3.63) is 35.9 Å². The van der Waals surface area contributed by atoms with E-state index >= 15 is 0 Å². The predicted molar refractivity (Wildman–Crippen MR) is 79.6 cm³/mol. The molecule has 0 radical (unpaired) electrons. The van der Waals surface area contributed by atoms with Gasteiger partial charge in [0.1, 0.15) is 12.6 Å². The SMILES string of the molecule is CCCOC(=O)[C@@H](NC(=O)OCc1ccccc1)C(C)C. The lowest BCUT2D eigenvalue weighted by Gasteiger charge is -2.20. The van der Waals surface area contributed by atoms with Crippen LogP contribution in [-0.2, 0) is 20.9 Å². The van der Waals surface area contributed by atoms with Crippen molar-refractivity contribution >= 4 is 12.1 Å². The van der Waals surface area contributed by atoms with E-state index in [1.165, 1.54) is 0 Å². The number of esters is 1. The van der Waals surface area contributed by atoms with Gasteiger partial charge in [0.25, 0.3) is 0 Å². The molecule has 0 unspecified atom stereocenters. The Morgan fingerprint density at radius 2 is 1.81 bits per heavy atom. The maximum Gasteiger partial charge on any atom is 0.408 e. The minimum atomic E-state index is -0.695. The summed E-state index contributed by atoms with van der Waals surface area (Å²) in [5, 5.41) is 2.56. The van der Waals surface area contributed by atoms with E-state index in [-0.39, 0.29) is 12.5 Å². The van der Waals surface area contributed by atoms with E-state index in [0.29, 0.717) is 6.61 Å². The smallest absolute Gasteiger partial charge is 0.408 e. The average Bonchev–Trinajstić information content (AvgIpc) is 2.49. The minimum Gasteiger partial charge on any atom is -0.464 e. The van der Waals surface area contributed by atoms with E-state index in [1.807, 2.05) is 51.1 Å². The first-order valence-corrected chi connectivity index (χ1v) is 7.18. The van der Waals surface area contributed by atoms with Crippen LogP contribution in [0.3, 0.4) is 0 Å². The molecule has 1 aromatic rings. The van der Waals surface area contributed by atoms with Crippen molar-refractivity contribution in [2.75, 3.05) is 6.61 Å². The molecule has 0 aliphatic rings. The van der Waals surface area contributed by atoms with Crippen LogP contribution in [0.15, 0.2) is 30.3 Å². The van der Waals surface area contributed by atoms with Crippen molar-refractivity contribution in [1.29, 1.82) is 0 Å². The van der Waals surface area contributed by atoms with Gasteiger partial charge in [0.2, 0.25) is 0 Å². The van der Waals surface area contributed by atoms with Gasteiger partial charge in [0.15, 0.2) is 0 Å². The van der Waals surface area contributed by atoms with Crippen LogP contribution < -0.4 is 5.32 Å². The number of carbonyl (C=O) groups is 2. The Hall–Kier alpha value is -2.04. The fourth-order valence-corrected chi connectivity index (χ4v) is 1.68. The zero-order chi connectivity index (χ0) is 15.7. The summed E-state index contributed by atoms with van der Waals surface area (Å²) in [6.07, 6.45) is 0.126. The van der Waals surface area contributed by atoms with E-state index < -0.39 is 18.1 Å². The maximum atomic E-state index is 11.9. The molecule has 1 atom stereocenters. The zero-order valence-electron chi connectivity index (χ0n) is 12.8. The molecular formula is C16H23NO4. The van der Waals surface area contributed by atoms with Crippen LogP contribution in [-0.4, -0.2) is 24.7 Å². The average molecular weight is 293 g/mol. The summed E-state index contributed by atoms with van der Waals surface area (Å²) in [5.74, 6) is -0.498. The van der Waals surface area contributed by atoms with E-state index in [2.05, 4.69) is 5.32 Å². The van der Waals surface area contributed by atoms with Crippen molar-refractivity contribution in [3.8, 4) is 0 Å². The Kier molecular flexibility index (Phi) is 7.29. The Balaban J connectivity index is 2.47. The van der Waals surface area contributed by atoms with Gasteiger partial charge < -0.3 is 14.8 Å². The fraction of sp³-hybridized carbons (Fsp3) is 0.500. The molecule has 0 saturated carbocycles. The van der Waals surface area contributed by atoms with Crippen LogP contribution in [0.1, 0.15) is 32.8 Å². The Morgan fingerprint density at radius 1 is 1.14 bits per heavy atom. The molecule has 1 N–H and O–H groups in total. The van der Waals surface area contributed by atoms with Gasteiger partial charge in [-0.3, -0.25) is 0 Å². The van der Waals surface area contributed by atoms with Crippen LogP contribution in [0.25, 0.3) is 0 Å². The van der Waals surface area contributed by atoms with Gasteiger partial charge >= 0.3 is 12.1 Å². The fourth-order valence-electron chi connectivity index (χ4n) is 1.68. The molecule has 0 saturated heterocycles. The summed E-state index contributed by atoms with van der Waals surface area (Å²) in [6.45, 7) is 6.12. The molecular weight excluding hydrogens is 270 g/mol. The van der Waals surface area contributed by atoms with Crippen LogP contribution in [0.2, 0.25) is 0 Å². The molecule has 1 amide bonds. The van der Waals surface area contributed by atoms with Gasteiger partial charge in [-0.1, -0.05) is 51.1 Å². The second-order valence-corrected chi connectivity index (χ2v) is 5.10. The largest absolute Gasteiger partial charge is 0.464 e. The highest BCUT2D eigenvalue weighted by molar-refractivity contribution is 5.81. The number of alkyl carbamates (subject to hydrolysis) is 1. The molecule has 0 aromatic heterocycles. The van der Waals surface area contributed by atoms with Crippen LogP contribution in [0, 0.1) is 5.92 Å². The topological polar surface area (TPSA) is 64.6 Å². The molecule has 1 rings (SSSR count). The lowest BCUT2D eigenvalue weighted by molar-refractivity contribution is -0.147. The van der Waals surface area contributed by atoms with Gasteiger partial charge in [-0.25, -0.2) is 9.59 Å². The van der Waals surface area contributed by atoms with E-state index in [0.717, 1.165) is 12.0 Å². The Bertz CT molecular complexity index is 445. The van der Waals surface area contributed by atoms with Gasteiger partial charge in [0.05, 0.1) is 6.61 Å². The van der Waals surface area contributed by atoms with Crippen molar-refractivity contribution in [1.82, 2.24) is 5.32 Å². The van der Waals surface area contributed by atoms with Gasteiger partial charge in [-0.15, -0.1) is 0 Å². The Morgan fingerprint density at radius 3 is 2.38 bits per heavy atom. The quantitative estimate of drug-likeness (QED) is 0.785. The van der Waals surface area contributed by atoms with Gasteiger partial charge in [0, 0.05) is 0 Å². The van der Waals surface area contributed by atoms with E-state index in [9.17, 15) is 9.59 Å². The van der Waals surface area contributed by atoms with Crippen LogP contribution >= 0.6 is 0 Å². The zero-order valence-corrected chi connectivity index (χ0v) is 12.8. The molecule has 5 heteroatoms. The summed E-state index contributed by atoms with van der Waals surface area (Å²) >= 11 is 0. The summed E-state index contributed by atoms with van der Waals surface area (Å²) < 4.78 is 10.2. The van der Waals surface area contributed by atoms with Gasteiger partial charge in [-0.2, -0.15) is 0 Å². The first kappa shape index (κ1) is 17.0. The summed E-state index contributed by atoms with van der Waals surface area (Å²) in [7, 11) is 0. The first-order valence-electron chi connectivity index (χ1n) is 7.18. The van der Waals surface area contributed by atoms with Crippen molar-refractivity contribution in [2.24, 2.45) is 5.92 Å². The molecule has 0 spiro atoms. The second-order valence-electron chi connectivity index (χ2n) is 5.10. The van der Waals surface area contributed by atoms with Gasteiger partial charge in [-0.05, 0) is 17.9 Å². The highest BCUT2D eigenvalue weighted by atomic mass is 16.6. The number of nitrogens with one attached hydrogen (secondary N) is 1. The molecule has 0 aliphatic carbocycles. The third-order valence-electron chi connectivity index (χ3n) is 2.86. The molecule has 0 bridgehead atoms. The Labute approximate surface area is 125 Å². The van der Waals surface area contributed by atoms with E-state index in [4.69, 9.17) is 9.47 Å². The van der Waals surface area contributed by atoms with Crippen molar-refractivity contribution in [2.45, 2.75) is 39.8 Å². The third kappa shape index (κ3) is 6.29. The molecule has 21 heavy (non-hydrogen) atoms. The van der Waals surface area contributed by atoms with Crippen molar-refractivity contribution < 1.29 is 19.1 Å². The number of amides is 1. The molecule has 1 aromatic carbocycles. The minimum absolute atomic E-state index is 0.0707. The highest BCUT2D eigenvalue weighted by Crippen LogP contribution is 2.06. The molecule has 0 aliphatic heterocycles. The highest BCUT2D eigenvalue weighted by Gasteiger charge is 2.26. The van der Waals surface area contributed by atoms with Crippen LogP contribution in [0.4, 0.5) is 4.79 Å². The van der Waals surface area contributed by atoms with Crippen molar-refractivity contribution in [3.63, 3.8) is 0 Å². The second kappa shape index (κ2) is 9.00. The number of ether oxygens (including phenoxy) is 2. The number of carbonyl (C=O) groups excluding carboxylic acids is 2. The monoisotopic (exact) mass is 293 g/mol. The van der Waals surface area contributed by atoms with Crippen LogP contribution in [0.5, 0.6) is 0 Å². The third-order valence-corrected chi connectivity index (χ3v) is 2.86. The lowest BCUT2D eigenvalue weighted by Crippen LogP contribution is -2.45. The predicted octanol–water partition coefficient (Wildman–Crippen LogP) is 2.89. The maximum absolute atomic E-state index is 11.9. The normalized spacial score (nSPS) is 11.8. The molecule has 0 heterocycles. The number of hydrogen-bond acceptors (Lipinski definition) is 4. The standard InChI is InChI=1S/C16H23NO4/c1-4-10-20-15(18)14(12(2)3)17-16(19)21-11-13-8-6-5-7-9-13/h5-9,12,14H,4,10-11H2,1-3H3,(H,17,19)/t14-/m0/s1. The number of rotatable bonds is 7. The van der Waals surface area contributed by atoms with E-state index in [1.54, 1.807) is 0 Å². The first-order chi connectivity index (χ1) is 10.0. The summed E-state index contributed by atoms with van der Waals surface area (Å²) in [4.78, 5) is 23.6.